The molecule has 0 amide bonds. The van der Waals surface area contributed by atoms with Gasteiger partial charge in [0.05, 0.1) is 11.9 Å². The van der Waals surface area contributed by atoms with Crippen LogP contribution in [0.4, 0.5) is 17.2 Å². The lowest BCUT2D eigenvalue weighted by atomic mass is 10.1. The summed E-state index contributed by atoms with van der Waals surface area (Å²) in [6, 6.07) is 6.03. The van der Waals surface area contributed by atoms with E-state index in [0.29, 0.717) is 5.82 Å². The third-order valence-corrected chi connectivity index (χ3v) is 6.76. The number of benzene rings is 1. The van der Waals surface area contributed by atoms with Crippen LogP contribution in [-0.2, 0) is 0 Å². The second-order valence-electron chi connectivity index (χ2n) is 9.37. The van der Waals surface area contributed by atoms with Crippen LogP contribution in [0.25, 0.3) is 0 Å². The molecule has 3 N–H and O–H groups in total. The van der Waals surface area contributed by atoms with Gasteiger partial charge in [0.15, 0.2) is 12.1 Å². The molecular weight excluding hydrogens is 478 g/mol. The smallest absolute Gasteiger partial charge is 0.176 e. The molecule has 0 radical (unpaired) electrons. The fourth-order valence-electron chi connectivity index (χ4n) is 4.52. The minimum absolute atomic E-state index is 0.125. The van der Waals surface area contributed by atoms with Gasteiger partial charge in [-0.05, 0) is 62.6 Å². The fraction of sp³-hybridized carbons (Fsp3) is 0.357. The standard InChI is InChI=1S/C28H35N9O/c1-5-19(3)24-16-22(9-12-37(24)33-6-2)38-25-8-7-21(15-20(25)4)34-27-26-23(31-18-32-27)17-30-28(35-26)36-13-10-29-11-14-36/h6-9,12,15-18,28-29,35H,5,10-11,13-14H2,1-4H3,(H,31,32,34)/b24-19?,33-6-. The van der Waals surface area contributed by atoms with Crippen LogP contribution in [0.2, 0.25) is 0 Å². The van der Waals surface area contributed by atoms with E-state index in [-0.39, 0.29) is 6.29 Å². The lowest BCUT2D eigenvalue weighted by molar-refractivity contribution is 0.194. The number of aliphatic imine (C=N–C) groups is 1. The molecule has 0 aliphatic carbocycles. The van der Waals surface area contributed by atoms with Crippen molar-refractivity contribution in [1.29, 1.82) is 0 Å². The first-order valence-electron chi connectivity index (χ1n) is 13.1. The zero-order chi connectivity index (χ0) is 26.5. The number of aromatic nitrogens is 2. The highest BCUT2D eigenvalue weighted by Crippen LogP contribution is 2.32. The molecule has 0 saturated carbocycles. The van der Waals surface area contributed by atoms with Gasteiger partial charge in [-0.15, -0.1) is 0 Å². The van der Waals surface area contributed by atoms with E-state index in [1.54, 1.807) is 12.5 Å². The first-order valence-corrected chi connectivity index (χ1v) is 13.1. The van der Waals surface area contributed by atoms with Gasteiger partial charge in [-0.1, -0.05) is 6.92 Å². The van der Waals surface area contributed by atoms with Crippen molar-refractivity contribution in [2.45, 2.75) is 40.4 Å². The summed E-state index contributed by atoms with van der Waals surface area (Å²) in [5.41, 5.74) is 5.82. The van der Waals surface area contributed by atoms with Gasteiger partial charge in [-0.25, -0.2) is 15.0 Å². The number of piperazine rings is 1. The molecule has 198 valence electrons. The van der Waals surface area contributed by atoms with Crippen LogP contribution >= 0.6 is 0 Å². The summed E-state index contributed by atoms with van der Waals surface area (Å²) >= 11 is 0. The Bertz CT molecular complexity index is 1320. The highest BCUT2D eigenvalue weighted by atomic mass is 16.5. The van der Waals surface area contributed by atoms with Crippen LogP contribution in [0.5, 0.6) is 5.75 Å². The number of fused-ring (bicyclic) bond motifs is 1. The average Bonchev–Trinajstić information content (AvgIpc) is 2.95. The number of nitrogens with one attached hydrogen (secondary N) is 3. The molecule has 1 fully saturated rings. The third-order valence-electron chi connectivity index (χ3n) is 6.76. The largest absolute Gasteiger partial charge is 0.457 e. The number of ether oxygens (including phenoxy) is 1. The molecule has 1 aromatic carbocycles. The number of hydrogen-bond acceptors (Lipinski definition) is 10. The second-order valence-corrected chi connectivity index (χ2v) is 9.37. The van der Waals surface area contributed by atoms with E-state index < -0.39 is 0 Å². The Morgan fingerprint density at radius 2 is 2.11 bits per heavy atom. The van der Waals surface area contributed by atoms with E-state index in [9.17, 15) is 0 Å². The highest BCUT2D eigenvalue weighted by Gasteiger charge is 2.25. The Balaban J connectivity index is 1.32. The van der Waals surface area contributed by atoms with E-state index in [1.807, 2.05) is 55.6 Å². The first-order chi connectivity index (χ1) is 18.6. The van der Waals surface area contributed by atoms with Crippen molar-refractivity contribution in [1.82, 2.24) is 25.2 Å². The van der Waals surface area contributed by atoms with Crippen LogP contribution in [0, 0.1) is 6.92 Å². The fourth-order valence-corrected chi connectivity index (χ4v) is 4.52. The van der Waals surface area contributed by atoms with E-state index in [2.05, 4.69) is 60.8 Å². The number of hydrogen-bond donors (Lipinski definition) is 3. The minimum atomic E-state index is -0.125. The van der Waals surface area contributed by atoms with Gasteiger partial charge in [-0.2, -0.15) is 5.10 Å². The molecule has 10 nitrogen and oxygen atoms in total. The van der Waals surface area contributed by atoms with Crippen LogP contribution in [0.15, 0.2) is 70.0 Å². The van der Waals surface area contributed by atoms with Crippen molar-refractivity contribution in [3.8, 4) is 5.75 Å². The summed E-state index contributed by atoms with van der Waals surface area (Å²) in [4.78, 5) is 15.9. The minimum Gasteiger partial charge on any atom is -0.457 e. The molecule has 3 aliphatic rings. The lowest BCUT2D eigenvalue weighted by Crippen LogP contribution is -2.51. The zero-order valence-corrected chi connectivity index (χ0v) is 22.4. The Morgan fingerprint density at radius 1 is 1.26 bits per heavy atom. The third kappa shape index (κ3) is 5.61. The number of allylic oxidation sites excluding steroid dienone is 3. The van der Waals surface area contributed by atoms with E-state index >= 15 is 0 Å². The summed E-state index contributed by atoms with van der Waals surface area (Å²) in [6.07, 6.45) is 11.9. The number of hydrazone groups is 1. The maximum Gasteiger partial charge on any atom is 0.176 e. The van der Waals surface area contributed by atoms with Gasteiger partial charge in [0.2, 0.25) is 0 Å². The van der Waals surface area contributed by atoms with Gasteiger partial charge < -0.3 is 20.7 Å². The Hall–Kier alpha value is -4.02. The van der Waals surface area contributed by atoms with Crippen molar-refractivity contribution >= 4 is 29.6 Å². The molecule has 1 atom stereocenters. The molecule has 2 aromatic rings. The zero-order valence-electron chi connectivity index (χ0n) is 22.4. The summed E-state index contributed by atoms with van der Waals surface area (Å²) in [7, 11) is 0. The van der Waals surface area contributed by atoms with Crippen LogP contribution in [-0.4, -0.2) is 64.8 Å². The monoisotopic (exact) mass is 513 g/mol. The van der Waals surface area contributed by atoms with Gasteiger partial charge in [0.25, 0.3) is 0 Å². The van der Waals surface area contributed by atoms with Gasteiger partial charge >= 0.3 is 0 Å². The van der Waals surface area contributed by atoms with Gasteiger partial charge in [0, 0.05) is 50.4 Å². The van der Waals surface area contributed by atoms with Gasteiger partial charge in [0.1, 0.15) is 29.2 Å². The number of anilines is 3. The molecule has 0 bridgehead atoms. The summed E-state index contributed by atoms with van der Waals surface area (Å²) < 4.78 is 6.28. The summed E-state index contributed by atoms with van der Waals surface area (Å²) in [6.45, 7) is 12.0. The molecule has 5 rings (SSSR count). The first kappa shape index (κ1) is 25.6. The highest BCUT2D eigenvalue weighted by molar-refractivity contribution is 5.92. The quantitative estimate of drug-likeness (QED) is 0.470. The van der Waals surface area contributed by atoms with Gasteiger partial charge in [-0.3, -0.25) is 9.89 Å². The molecule has 0 spiro atoms. The predicted molar refractivity (Wildman–Crippen MR) is 153 cm³/mol. The molecule has 1 saturated heterocycles. The Morgan fingerprint density at radius 3 is 2.87 bits per heavy atom. The Kier molecular flexibility index (Phi) is 7.81. The molecule has 4 heterocycles. The summed E-state index contributed by atoms with van der Waals surface area (Å²) in [5.74, 6) is 2.28. The van der Waals surface area contributed by atoms with Crippen molar-refractivity contribution in [2.24, 2.45) is 10.1 Å². The molecule has 3 aliphatic heterocycles. The molecular formula is C28H35N9O. The Labute approximate surface area is 223 Å². The van der Waals surface area contributed by atoms with E-state index in [0.717, 1.165) is 72.4 Å². The average molecular weight is 514 g/mol. The molecule has 1 unspecified atom stereocenters. The number of nitrogens with zero attached hydrogens (tertiary/aromatic N) is 6. The lowest BCUT2D eigenvalue weighted by Gasteiger charge is -2.35. The predicted octanol–water partition coefficient (Wildman–Crippen LogP) is 4.34. The van der Waals surface area contributed by atoms with Crippen LogP contribution in [0.1, 0.15) is 38.4 Å². The van der Waals surface area contributed by atoms with Crippen LogP contribution in [0.3, 0.4) is 0 Å². The van der Waals surface area contributed by atoms with Crippen molar-refractivity contribution < 1.29 is 4.74 Å². The molecule has 1 aromatic heterocycles. The maximum absolute atomic E-state index is 6.28. The van der Waals surface area contributed by atoms with Crippen LogP contribution < -0.4 is 20.7 Å². The van der Waals surface area contributed by atoms with Crippen molar-refractivity contribution in [3.05, 3.63) is 71.2 Å². The maximum atomic E-state index is 6.28. The van der Waals surface area contributed by atoms with Crippen molar-refractivity contribution in [2.75, 3.05) is 36.8 Å². The van der Waals surface area contributed by atoms with Crippen molar-refractivity contribution in [3.63, 3.8) is 0 Å². The van der Waals surface area contributed by atoms with E-state index in [4.69, 9.17) is 4.74 Å². The second kappa shape index (κ2) is 11.6. The number of aryl methyl sites for hydroxylation is 1. The number of rotatable bonds is 7. The molecule has 38 heavy (non-hydrogen) atoms. The summed E-state index contributed by atoms with van der Waals surface area (Å²) in [5, 5.41) is 16.7. The van der Waals surface area contributed by atoms with E-state index in [1.165, 1.54) is 5.57 Å². The molecule has 10 heteroatoms. The normalized spacial score (nSPS) is 20.7. The topological polar surface area (TPSA) is 102 Å². The SMILES string of the molecule is C/C=N\N1C=CC(Oc2ccc(Nc3ncnc4c3NC(N3CCNCC3)N=C4)cc2C)=CC1=C(C)CC.